The molecule has 0 saturated heterocycles. The predicted octanol–water partition coefficient (Wildman–Crippen LogP) is 1.91. The smallest absolute Gasteiger partial charge is 0.128 e. The van der Waals surface area contributed by atoms with Crippen molar-refractivity contribution in [3.63, 3.8) is 0 Å². The van der Waals surface area contributed by atoms with E-state index in [1.165, 1.54) is 0 Å². The summed E-state index contributed by atoms with van der Waals surface area (Å²) < 4.78 is 5.17. The van der Waals surface area contributed by atoms with Gasteiger partial charge in [-0.2, -0.15) is 0 Å². The summed E-state index contributed by atoms with van der Waals surface area (Å²) in [6, 6.07) is 6.18. The Morgan fingerprint density at radius 3 is 2.78 bits per heavy atom. The third kappa shape index (κ3) is 5.02. The first kappa shape index (κ1) is 14.9. The minimum Gasteiger partial charge on any atom is -0.383 e. The van der Waals surface area contributed by atoms with Crippen molar-refractivity contribution in [1.29, 1.82) is 0 Å². The first-order valence-electron chi connectivity index (χ1n) is 6.51. The molecule has 1 rings (SSSR count). The lowest BCUT2D eigenvalue weighted by Gasteiger charge is -2.25. The van der Waals surface area contributed by atoms with E-state index in [9.17, 15) is 0 Å². The molecule has 1 heterocycles. The molecule has 0 amide bonds. The van der Waals surface area contributed by atoms with Gasteiger partial charge in [0.1, 0.15) is 5.82 Å². The van der Waals surface area contributed by atoms with Gasteiger partial charge in [0.05, 0.1) is 12.3 Å². The topological polar surface area (TPSA) is 37.4 Å². The maximum Gasteiger partial charge on any atom is 0.128 e. The van der Waals surface area contributed by atoms with Crippen LogP contribution in [0.3, 0.4) is 0 Å². The van der Waals surface area contributed by atoms with Gasteiger partial charge in [0.25, 0.3) is 0 Å². The highest BCUT2D eigenvalue weighted by molar-refractivity contribution is 5.39. The number of anilines is 1. The maximum atomic E-state index is 5.17. The van der Waals surface area contributed by atoms with E-state index in [2.05, 4.69) is 41.2 Å². The molecule has 0 atom stereocenters. The van der Waals surface area contributed by atoms with Gasteiger partial charge >= 0.3 is 0 Å². The molecule has 0 unspecified atom stereocenters. The Morgan fingerprint density at radius 1 is 1.39 bits per heavy atom. The second-order valence-electron chi connectivity index (χ2n) is 4.85. The summed E-state index contributed by atoms with van der Waals surface area (Å²) in [5.74, 6) is 1.64. The fourth-order valence-electron chi connectivity index (χ4n) is 1.86. The Hall–Kier alpha value is -1.13. The van der Waals surface area contributed by atoms with Crippen LogP contribution in [0.2, 0.25) is 0 Å². The summed E-state index contributed by atoms with van der Waals surface area (Å²) in [6.07, 6.45) is 0. The van der Waals surface area contributed by atoms with Crippen molar-refractivity contribution < 1.29 is 4.74 Å². The molecule has 0 spiro atoms. The second-order valence-corrected chi connectivity index (χ2v) is 4.85. The molecule has 0 saturated carbocycles. The molecule has 0 radical (unpaired) electrons. The van der Waals surface area contributed by atoms with Crippen molar-refractivity contribution in [2.45, 2.75) is 20.4 Å². The van der Waals surface area contributed by atoms with E-state index in [0.717, 1.165) is 37.8 Å². The third-order valence-corrected chi connectivity index (χ3v) is 2.62. The molecule has 4 heteroatoms. The van der Waals surface area contributed by atoms with E-state index >= 15 is 0 Å². The summed E-state index contributed by atoms with van der Waals surface area (Å²) in [6.45, 7) is 7.84. The Labute approximate surface area is 110 Å². The SMILES string of the molecule is CNCc1cccc(N(CCOC)CC(C)C)n1. The van der Waals surface area contributed by atoms with Crippen LogP contribution in [-0.4, -0.2) is 38.8 Å². The quantitative estimate of drug-likeness (QED) is 0.766. The van der Waals surface area contributed by atoms with Gasteiger partial charge in [-0.15, -0.1) is 0 Å². The van der Waals surface area contributed by atoms with Crippen LogP contribution < -0.4 is 10.2 Å². The van der Waals surface area contributed by atoms with E-state index in [4.69, 9.17) is 4.74 Å². The zero-order chi connectivity index (χ0) is 13.4. The van der Waals surface area contributed by atoms with E-state index in [1.54, 1.807) is 7.11 Å². The van der Waals surface area contributed by atoms with E-state index < -0.39 is 0 Å². The minimum atomic E-state index is 0.608. The molecule has 0 bridgehead atoms. The van der Waals surface area contributed by atoms with Crippen molar-refractivity contribution in [2.24, 2.45) is 5.92 Å². The summed E-state index contributed by atoms with van der Waals surface area (Å²) in [7, 11) is 3.67. The summed E-state index contributed by atoms with van der Waals surface area (Å²) in [5.41, 5.74) is 1.07. The van der Waals surface area contributed by atoms with Gasteiger partial charge in [-0.05, 0) is 25.1 Å². The first-order valence-corrected chi connectivity index (χ1v) is 6.51. The van der Waals surface area contributed by atoms with E-state index in [-0.39, 0.29) is 0 Å². The zero-order valence-electron chi connectivity index (χ0n) is 11.9. The molecule has 0 aliphatic heterocycles. The van der Waals surface area contributed by atoms with Crippen LogP contribution in [-0.2, 0) is 11.3 Å². The molecule has 102 valence electrons. The van der Waals surface area contributed by atoms with Crippen LogP contribution in [0.15, 0.2) is 18.2 Å². The van der Waals surface area contributed by atoms with Crippen LogP contribution in [0.1, 0.15) is 19.5 Å². The van der Waals surface area contributed by atoms with Crippen LogP contribution in [0, 0.1) is 5.92 Å². The van der Waals surface area contributed by atoms with Crippen molar-refractivity contribution in [1.82, 2.24) is 10.3 Å². The normalized spacial score (nSPS) is 10.9. The van der Waals surface area contributed by atoms with Crippen molar-refractivity contribution in [2.75, 3.05) is 38.8 Å². The van der Waals surface area contributed by atoms with Gasteiger partial charge < -0.3 is 15.0 Å². The average molecular weight is 251 g/mol. The molecule has 0 aliphatic carbocycles. The predicted molar refractivity (Wildman–Crippen MR) is 75.9 cm³/mol. The van der Waals surface area contributed by atoms with Gasteiger partial charge in [-0.1, -0.05) is 19.9 Å². The molecule has 4 nitrogen and oxygen atoms in total. The Morgan fingerprint density at radius 2 is 2.17 bits per heavy atom. The van der Waals surface area contributed by atoms with Crippen molar-refractivity contribution in [3.05, 3.63) is 23.9 Å². The molecule has 18 heavy (non-hydrogen) atoms. The molecule has 1 aromatic rings. The van der Waals surface area contributed by atoms with Gasteiger partial charge in [0.15, 0.2) is 0 Å². The number of methoxy groups -OCH3 is 1. The lowest BCUT2D eigenvalue weighted by molar-refractivity contribution is 0.204. The first-order chi connectivity index (χ1) is 8.67. The summed E-state index contributed by atoms with van der Waals surface area (Å²) in [4.78, 5) is 6.96. The number of rotatable bonds is 8. The minimum absolute atomic E-state index is 0.608. The fraction of sp³-hybridized carbons (Fsp3) is 0.643. The Balaban J connectivity index is 2.78. The molecular formula is C14H25N3O. The number of aromatic nitrogens is 1. The van der Waals surface area contributed by atoms with Crippen molar-refractivity contribution >= 4 is 5.82 Å². The lowest BCUT2D eigenvalue weighted by Crippen LogP contribution is -2.31. The number of hydrogen-bond donors (Lipinski definition) is 1. The molecule has 0 aliphatic rings. The third-order valence-electron chi connectivity index (χ3n) is 2.62. The highest BCUT2D eigenvalue weighted by Gasteiger charge is 2.10. The van der Waals surface area contributed by atoms with Gasteiger partial charge in [0, 0.05) is 26.7 Å². The Bertz CT molecular complexity index is 342. The van der Waals surface area contributed by atoms with Crippen LogP contribution in [0.25, 0.3) is 0 Å². The molecule has 1 N–H and O–H groups in total. The largest absolute Gasteiger partial charge is 0.383 e. The van der Waals surface area contributed by atoms with Crippen molar-refractivity contribution in [3.8, 4) is 0 Å². The maximum absolute atomic E-state index is 5.17. The number of pyridine rings is 1. The monoisotopic (exact) mass is 251 g/mol. The second kappa shape index (κ2) is 8.06. The number of hydrogen-bond acceptors (Lipinski definition) is 4. The highest BCUT2D eigenvalue weighted by atomic mass is 16.5. The van der Waals surface area contributed by atoms with E-state index in [1.807, 2.05) is 13.1 Å². The molecule has 1 aromatic heterocycles. The lowest BCUT2D eigenvalue weighted by atomic mass is 10.2. The average Bonchev–Trinajstić information content (AvgIpc) is 2.35. The van der Waals surface area contributed by atoms with Gasteiger partial charge in [-0.3, -0.25) is 0 Å². The zero-order valence-corrected chi connectivity index (χ0v) is 11.9. The van der Waals surface area contributed by atoms with Crippen LogP contribution in [0.5, 0.6) is 0 Å². The van der Waals surface area contributed by atoms with Crippen LogP contribution >= 0.6 is 0 Å². The molecule has 0 aromatic carbocycles. The standard InChI is InChI=1S/C14H25N3O/c1-12(2)11-17(8-9-18-4)14-7-5-6-13(16-14)10-15-3/h5-7,12,15H,8-11H2,1-4H3. The fourth-order valence-corrected chi connectivity index (χ4v) is 1.86. The summed E-state index contributed by atoms with van der Waals surface area (Å²) >= 11 is 0. The number of ether oxygens (including phenoxy) is 1. The Kier molecular flexibility index (Phi) is 6.68. The van der Waals surface area contributed by atoms with Gasteiger partial charge in [0.2, 0.25) is 0 Å². The highest BCUT2D eigenvalue weighted by Crippen LogP contribution is 2.13. The van der Waals surface area contributed by atoms with Gasteiger partial charge in [-0.25, -0.2) is 4.98 Å². The number of nitrogens with one attached hydrogen (secondary N) is 1. The number of nitrogens with zero attached hydrogens (tertiary/aromatic N) is 2. The summed E-state index contributed by atoms with van der Waals surface area (Å²) in [5, 5.41) is 3.13. The van der Waals surface area contributed by atoms with Crippen LogP contribution in [0.4, 0.5) is 5.82 Å². The molecular weight excluding hydrogens is 226 g/mol. The molecule has 0 fully saturated rings. The van der Waals surface area contributed by atoms with E-state index in [0.29, 0.717) is 5.92 Å².